The Bertz CT molecular complexity index is 447. The van der Waals surface area contributed by atoms with Crippen molar-refractivity contribution < 1.29 is 0 Å². The van der Waals surface area contributed by atoms with E-state index in [0.29, 0.717) is 0 Å². The lowest BCUT2D eigenvalue weighted by atomic mass is 10.1. The molecule has 2 fully saturated rings. The quantitative estimate of drug-likeness (QED) is 0.582. The summed E-state index contributed by atoms with van der Waals surface area (Å²) < 4.78 is 0. The van der Waals surface area contributed by atoms with E-state index in [-0.39, 0.29) is 5.84 Å². The standard InChI is InChI=1S/C16H23N3/c17-16(18)15-3-1-2-14(8-15)11-19(9-12-4-5-12)10-13-6-7-13/h1-3,8,12-13H,4-7,9-11H2,(H3,17,18). The number of hydrogen-bond acceptors (Lipinski definition) is 2. The maximum absolute atomic E-state index is 7.52. The van der Waals surface area contributed by atoms with Crippen LogP contribution in [0.1, 0.15) is 36.8 Å². The summed E-state index contributed by atoms with van der Waals surface area (Å²) in [5, 5.41) is 7.52. The van der Waals surface area contributed by atoms with Crippen LogP contribution >= 0.6 is 0 Å². The van der Waals surface area contributed by atoms with Gasteiger partial charge in [0.05, 0.1) is 0 Å². The first-order chi connectivity index (χ1) is 9.20. The lowest BCUT2D eigenvalue weighted by Gasteiger charge is -2.22. The van der Waals surface area contributed by atoms with Crippen LogP contribution in [0.4, 0.5) is 0 Å². The van der Waals surface area contributed by atoms with Crippen molar-refractivity contribution in [1.29, 1.82) is 5.41 Å². The largest absolute Gasteiger partial charge is 0.384 e. The van der Waals surface area contributed by atoms with E-state index in [0.717, 1.165) is 23.9 Å². The van der Waals surface area contributed by atoms with Crippen molar-refractivity contribution in [2.24, 2.45) is 17.6 Å². The van der Waals surface area contributed by atoms with E-state index in [2.05, 4.69) is 17.0 Å². The second kappa shape index (κ2) is 5.33. The lowest BCUT2D eigenvalue weighted by Crippen LogP contribution is -2.28. The SMILES string of the molecule is N=C(N)c1cccc(CN(CC2CC2)CC2CC2)c1. The molecule has 1 aromatic rings. The van der Waals surface area contributed by atoms with E-state index in [4.69, 9.17) is 11.1 Å². The molecule has 102 valence electrons. The van der Waals surface area contributed by atoms with E-state index < -0.39 is 0 Å². The number of nitrogen functional groups attached to an aromatic ring is 1. The Labute approximate surface area is 115 Å². The van der Waals surface area contributed by atoms with Crippen molar-refractivity contribution in [2.45, 2.75) is 32.2 Å². The van der Waals surface area contributed by atoms with Crippen molar-refractivity contribution in [3.05, 3.63) is 35.4 Å². The van der Waals surface area contributed by atoms with Crippen LogP contribution in [0.15, 0.2) is 24.3 Å². The molecule has 1 aromatic carbocycles. The van der Waals surface area contributed by atoms with Gasteiger partial charge in [0, 0.05) is 25.2 Å². The molecule has 0 bridgehead atoms. The third kappa shape index (κ3) is 3.80. The molecule has 0 amide bonds. The van der Waals surface area contributed by atoms with Crippen molar-refractivity contribution in [1.82, 2.24) is 4.90 Å². The van der Waals surface area contributed by atoms with Gasteiger partial charge in [-0.05, 0) is 49.1 Å². The number of benzene rings is 1. The number of nitrogens with zero attached hydrogens (tertiary/aromatic N) is 1. The summed E-state index contributed by atoms with van der Waals surface area (Å²) in [6.45, 7) is 3.51. The highest BCUT2D eigenvalue weighted by atomic mass is 15.1. The van der Waals surface area contributed by atoms with Gasteiger partial charge in [-0.25, -0.2) is 0 Å². The van der Waals surface area contributed by atoms with Gasteiger partial charge in [-0.2, -0.15) is 0 Å². The maximum atomic E-state index is 7.52. The first-order valence-electron chi connectivity index (χ1n) is 7.36. The molecular formula is C16H23N3. The molecule has 0 aliphatic heterocycles. The Morgan fingerprint density at radius 2 is 1.79 bits per heavy atom. The molecule has 0 heterocycles. The summed E-state index contributed by atoms with van der Waals surface area (Å²) in [5.41, 5.74) is 7.69. The zero-order valence-corrected chi connectivity index (χ0v) is 11.4. The molecule has 0 spiro atoms. The van der Waals surface area contributed by atoms with Gasteiger partial charge in [0.1, 0.15) is 5.84 Å². The smallest absolute Gasteiger partial charge is 0.122 e. The van der Waals surface area contributed by atoms with Crippen molar-refractivity contribution in [3.8, 4) is 0 Å². The first-order valence-corrected chi connectivity index (χ1v) is 7.36. The van der Waals surface area contributed by atoms with E-state index >= 15 is 0 Å². The van der Waals surface area contributed by atoms with Crippen LogP contribution < -0.4 is 5.73 Å². The zero-order chi connectivity index (χ0) is 13.2. The van der Waals surface area contributed by atoms with Crippen molar-refractivity contribution in [2.75, 3.05) is 13.1 Å². The normalized spacial score (nSPS) is 18.8. The predicted molar refractivity (Wildman–Crippen MR) is 78.2 cm³/mol. The summed E-state index contributed by atoms with van der Waals surface area (Å²) >= 11 is 0. The summed E-state index contributed by atoms with van der Waals surface area (Å²) in [6, 6.07) is 8.14. The maximum Gasteiger partial charge on any atom is 0.122 e. The molecule has 3 nitrogen and oxygen atoms in total. The average Bonchev–Trinajstić information content (AvgIpc) is 3.25. The second-order valence-corrected chi connectivity index (χ2v) is 6.19. The number of rotatable bonds is 7. The first kappa shape index (κ1) is 12.7. The topological polar surface area (TPSA) is 53.1 Å². The minimum Gasteiger partial charge on any atom is -0.384 e. The van der Waals surface area contributed by atoms with Gasteiger partial charge in [0.15, 0.2) is 0 Å². The molecule has 2 aliphatic rings. The average molecular weight is 257 g/mol. The summed E-state index contributed by atoms with van der Waals surface area (Å²) in [6.07, 6.45) is 5.65. The van der Waals surface area contributed by atoms with Gasteiger partial charge < -0.3 is 5.73 Å². The Morgan fingerprint density at radius 3 is 2.32 bits per heavy atom. The fourth-order valence-corrected chi connectivity index (χ4v) is 2.63. The summed E-state index contributed by atoms with van der Waals surface area (Å²) in [5.74, 6) is 2.04. The number of nitrogens with one attached hydrogen (secondary N) is 1. The molecule has 2 saturated carbocycles. The van der Waals surface area contributed by atoms with E-state index in [1.54, 1.807) is 0 Å². The molecule has 3 rings (SSSR count). The molecule has 3 N–H and O–H groups in total. The zero-order valence-electron chi connectivity index (χ0n) is 11.4. The van der Waals surface area contributed by atoms with Crippen LogP contribution in [-0.4, -0.2) is 23.8 Å². The van der Waals surface area contributed by atoms with Gasteiger partial charge in [-0.3, -0.25) is 10.3 Å². The van der Waals surface area contributed by atoms with Crippen molar-refractivity contribution >= 4 is 5.84 Å². The van der Waals surface area contributed by atoms with Gasteiger partial charge in [0.25, 0.3) is 0 Å². The van der Waals surface area contributed by atoms with Gasteiger partial charge >= 0.3 is 0 Å². The van der Waals surface area contributed by atoms with E-state index in [9.17, 15) is 0 Å². The minimum absolute atomic E-state index is 0.165. The monoisotopic (exact) mass is 257 g/mol. The molecule has 19 heavy (non-hydrogen) atoms. The molecule has 3 heteroatoms. The Hall–Kier alpha value is -1.35. The molecule has 0 atom stereocenters. The highest BCUT2D eigenvalue weighted by Crippen LogP contribution is 2.34. The Morgan fingerprint density at radius 1 is 1.16 bits per heavy atom. The van der Waals surface area contributed by atoms with Gasteiger partial charge in [-0.15, -0.1) is 0 Å². The number of hydrogen-bond donors (Lipinski definition) is 2. The van der Waals surface area contributed by atoms with Crippen LogP contribution in [0, 0.1) is 17.2 Å². The number of amidine groups is 1. The van der Waals surface area contributed by atoms with Crippen molar-refractivity contribution in [3.63, 3.8) is 0 Å². The molecule has 0 unspecified atom stereocenters. The van der Waals surface area contributed by atoms with Crippen LogP contribution in [0.5, 0.6) is 0 Å². The minimum atomic E-state index is 0.165. The van der Waals surface area contributed by atoms with Crippen LogP contribution in [-0.2, 0) is 6.54 Å². The van der Waals surface area contributed by atoms with Crippen LogP contribution in [0.2, 0.25) is 0 Å². The number of nitrogens with two attached hydrogens (primary N) is 1. The lowest BCUT2D eigenvalue weighted by molar-refractivity contribution is 0.244. The Kier molecular flexibility index (Phi) is 3.56. The summed E-state index contributed by atoms with van der Waals surface area (Å²) in [7, 11) is 0. The molecule has 0 saturated heterocycles. The van der Waals surface area contributed by atoms with E-state index in [1.807, 2.05) is 12.1 Å². The second-order valence-electron chi connectivity index (χ2n) is 6.19. The third-order valence-electron chi connectivity index (χ3n) is 4.07. The fourth-order valence-electron chi connectivity index (χ4n) is 2.63. The van der Waals surface area contributed by atoms with Gasteiger partial charge in [-0.1, -0.05) is 18.2 Å². The van der Waals surface area contributed by atoms with Gasteiger partial charge in [0.2, 0.25) is 0 Å². The highest BCUT2D eigenvalue weighted by molar-refractivity contribution is 5.95. The highest BCUT2D eigenvalue weighted by Gasteiger charge is 2.29. The predicted octanol–water partition coefficient (Wildman–Crippen LogP) is 2.59. The fraction of sp³-hybridized carbons (Fsp3) is 0.562. The molecular weight excluding hydrogens is 234 g/mol. The van der Waals surface area contributed by atoms with E-state index in [1.165, 1.54) is 44.3 Å². The van der Waals surface area contributed by atoms with Crippen LogP contribution in [0.3, 0.4) is 0 Å². The van der Waals surface area contributed by atoms with Crippen LogP contribution in [0.25, 0.3) is 0 Å². The third-order valence-corrected chi connectivity index (χ3v) is 4.07. The Balaban J connectivity index is 1.65. The molecule has 0 radical (unpaired) electrons. The molecule has 0 aromatic heterocycles. The summed E-state index contributed by atoms with van der Waals surface area (Å²) in [4.78, 5) is 2.61. The molecule has 2 aliphatic carbocycles.